The average molecular weight is 421 g/mol. The van der Waals surface area contributed by atoms with Gasteiger partial charge in [-0.15, -0.1) is 0 Å². The van der Waals surface area contributed by atoms with Crippen molar-refractivity contribution in [2.75, 3.05) is 44.4 Å². The van der Waals surface area contributed by atoms with E-state index >= 15 is 0 Å². The summed E-state index contributed by atoms with van der Waals surface area (Å²) in [5.74, 6) is 0.189. The van der Waals surface area contributed by atoms with Gasteiger partial charge in [0.15, 0.2) is 0 Å². The molecule has 9 nitrogen and oxygen atoms in total. The maximum absolute atomic E-state index is 12.6. The molecular weight excluding hydrogens is 388 g/mol. The van der Waals surface area contributed by atoms with E-state index in [0.717, 1.165) is 12.8 Å². The first-order valence-corrected chi connectivity index (χ1v) is 10.0. The number of rotatable bonds is 4. The number of piperidine rings is 1. The zero-order valence-corrected chi connectivity index (χ0v) is 18.4. The lowest BCUT2D eigenvalue weighted by molar-refractivity contribution is 0.0253. The third-order valence-electron chi connectivity index (χ3n) is 4.61. The number of hydrogen-bond donors (Lipinski definition) is 2. The van der Waals surface area contributed by atoms with Crippen LogP contribution in [-0.2, 0) is 9.47 Å². The summed E-state index contributed by atoms with van der Waals surface area (Å²) >= 11 is 0. The van der Waals surface area contributed by atoms with Crippen molar-refractivity contribution in [3.63, 3.8) is 0 Å². The molecule has 0 aliphatic carbocycles. The first kappa shape index (κ1) is 23.3. The number of benzene rings is 1. The van der Waals surface area contributed by atoms with E-state index in [2.05, 4.69) is 15.4 Å². The number of hydrogen-bond acceptors (Lipinski definition) is 5. The third-order valence-corrected chi connectivity index (χ3v) is 4.61. The van der Waals surface area contributed by atoms with Crippen molar-refractivity contribution in [2.24, 2.45) is 5.92 Å². The van der Waals surface area contributed by atoms with Gasteiger partial charge in [-0.3, -0.25) is 5.32 Å². The van der Waals surface area contributed by atoms with Crippen LogP contribution in [-0.4, -0.2) is 67.4 Å². The Hall–Kier alpha value is -2.97. The molecule has 2 N–H and O–H groups in total. The Morgan fingerprint density at radius 3 is 2.30 bits per heavy atom. The predicted molar refractivity (Wildman–Crippen MR) is 115 cm³/mol. The highest BCUT2D eigenvalue weighted by atomic mass is 16.6. The minimum Gasteiger partial charge on any atom is -0.453 e. The summed E-state index contributed by atoms with van der Waals surface area (Å²) in [5, 5.41) is 5.43. The van der Waals surface area contributed by atoms with Gasteiger partial charge in [0, 0.05) is 38.1 Å². The van der Waals surface area contributed by atoms with Crippen molar-refractivity contribution < 1.29 is 23.9 Å². The largest absolute Gasteiger partial charge is 0.453 e. The number of carbonyl (C=O) groups is 3. The maximum Gasteiger partial charge on any atom is 0.411 e. The molecule has 2 rings (SSSR count). The highest BCUT2D eigenvalue weighted by Crippen LogP contribution is 2.20. The van der Waals surface area contributed by atoms with Crippen molar-refractivity contribution in [1.82, 2.24) is 9.80 Å². The van der Waals surface area contributed by atoms with Crippen LogP contribution in [0.15, 0.2) is 24.3 Å². The topological polar surface area (TPSA) is 100 Å². The molecule has 4 amide bonds. The standard InChI is InChI=1S/C21H32N4O5/c1-21(2,3)30-20(28)24(4)13-15-7-6-12-25(14-15)18(26)22-16-8-10-17(11-9-16)23-19(27)29-5/h8-11,15H,6-7,12-14H2,1-5H3,(H,22,26)(H,23,27). The zero-order valence-electron chi connectivity index (χ0n) is 18.4. The summed E-state index contributed by atoms with van der Waals surface area (Å²) in [6.45, 7) is 7.28. The number of amides is 4. The van der Waals surface area contributed by atoms with Crippen LogP contribution < -0.4 is 10.6 Å². The van der Waals surface area contributed by atoms with E-state index in [-0.39, 0.29) is 18.0 Å². The van der Waals surface area contributed by atoms with Gasteiger partial charge in [0.1, 0.15) is 5.60 Å². The number of nitrogens with one attached hydrogen (secondary N) is 2. The van der Waals surface area contributed by atoms with Gasteiger partial charge in [-0.1, -0.05) is 0 Å². The van der Waals surface area contributed by atoms with Crippen molar-refractivity contribution in [2.45, 2.75) is 39.2 Å². The summed E-state index contributed by atoms with van der Waals surface area (Å²) in [4.78, 5) is 39.4. The molecule has 1 unspecified atom stereocenters. The van der Waals surface area contributed by atoms with Gasteiger partial charge < -0.3 is 24.6 Å². The van der Waals surface area contributed by atoms with Crippen molar-refractivity contribution in [3.8, 4) is 0 Å². The van der Waals surface area contributed by atoms with E-state index in [9.17, 15) is 14.4 Å². The molecule has 1 saturated heterocycles. The van der Waals surface area contributed by atoms with Crippen LogP contribution in [0.4, 0.5) is 25.8 Å². The number of nitrogens with zero attached hydrogens (tertiary/aromatic N) is 2. The summed E-state index contributed by atoms with van der Waals surface area (Å²) in [6, 6.07) is 6.60. The van der Waals surface area contributed by atoms with E-state index < -0.39 is 11.7 Å². The SMILES string of the molecule is COC(=O)Nc1ccc(NC(=O)N2CCCC(CN(C)C(=O)OC(C)(C)C)C2)cc1. The molecule has 1 aromatic carbocycles. The summed E-state index contributed by atoms with van der Waals surface area (Å²) in [7, 11) is 3.01. The van der Waals surface area contributed by atoms with E-state index in [1.54, 1.807) is 41.1 Å². The predicted octanol–water partition coefficient (Wildman–Crippen LogP) is 3.98. The Morgan fingerprint density at radius 2 is 1.73 bits per heavy atom. The second-order valence-electron chi connectivity index (χ2n) is 8.44. The number of ether oxygens (including phenoxy) is 2. The zero-order chi connectivity index (χ0) is 22.3. The Labute approximate surface area is 177 Å². The van der Waals surface area contributed by atoms with Gasteiger partial charge in [0.25, 0.3) is 0 Å². The van der Waals surface area contributed by atoms with Gasteiger partial charge in [-0.2, -0.15) is 0 Å². The number of urea groups is 1. The van der Waals surface area contributed by atoms with Crippen LogP contribution in [0, 0.1) is 5.92 Å². The van der Waals surface area contributed by atoms with Gasteiger partial charge in [-0.25, -0.2) is 14.4 Å². The van der Waals surface area contributed by atoms with Gasteiger partial charge >= 0.3 is 18.2 Å². The molecule has 1 aliphatic heterocycles. The Morgan fingerprint density at radius 1 is 1.13 bits per heavy atom. The van der Waals surface area contributed by atoms with Gasteiger partial charge in [0.05, 0.1) is 7.11 Å². The second kappa shape index (κ2) is 10.2. The molecular formula is C21H32N4O5. The third kappa shape index (κ3) is 7.46. The number of likely N-dealkylation sites (tertiary alicyclic amines) is 1. The van der Waals surface area contributed by atoms with Gasteiger partial charge in [-0.05, 0) is 63.8 Å². The molecule has 0 radical (unpaired) electrons. The fourth-order valence-electron chi connectivity index (χ4n) is 3.21. The number of anilines is 2. The van der Waals surface area contributed by atoms with Gasteiger partial charge in [0.2, 0.25) is 0 Å². The molecule has 1 atom stereocenters. The molecule has 30 heavy (non-hydrogen) atoms. The van der Waals surface area contributed by atoms with Crippen LogP contribution in [0.1, 0.15) is 33.6 Å². The van der Waals surface area contributed by atoms with E-state index in [0.29, 0.717) is 31.0 Å². The van der Waals surface area contributed by atoms with E-state index in [1.165, 1.54) is 7.11 Å². The lowest BCUT2D eigenvalue weighted by Crippen LogP contribution is -2.46. The molecule has 0 saturated carbocycles. The molecule has 1 aromatic rings. The van der Waals surface area contributed by atoms with E-state index in [4.69, 9.17) is 4.74 Å². The molecule has 1 aliphatic rings. The molecule has 1 heterocycles. The van der Waals surface area contributed by atoms with Crippen LogP contribution in [0.25, 0.3) is 0 Å². The Balaban J connectivity index is 1.86. The van der Waals surface area contributed by atoms with Crippen LogP contribution in [0.3, 0.4) is 0 Å². The molecule has 0 spiro atoms. The fourth-order valence-corrected chi connectivity index (χ4v) is 3.21. The Kier molecular flexibility index (Phi) is 7.91. The van der Waals surface area contributed by atoms with E-state index in [1.807, 2.05) is 20.8 Å². The van der Waals surface area contributed by atoms with Crippen molar-refractivity contribution in [1.29, 1.82) is 0 Å². The van der Waals surface area contributed by atoms with Crippen molar-refractivity contribution >= 4 is 29.6 Å². The molecule has 0 aromatic heterocycles. The summed E-state index contributed by atoms with van der Waals surface area (Å²) in [5.41, 5.74) is 0.664. The number of carbonyl (C=O) groups excluding carboxylic acids is 3. The molecule has 0 bridgehead atoms. The first-order chi connectivity index (χ1) is 14.1. The average Bonchev–Trinajstić information content (AvgIpc) is 2.68. The lowest BCUT2D eigenvalue weighted by atomic mass is 9.98. The maximum atomic E-state index is 12.6. The lowest BCUT2D eigenvalue weighted by Gasteiger charge is -2.35. The fraction of sp³-hybridized carbons (Fsp3) is 0.571. The minimum atomic E-state index is -0.553. The smallest absolute Gasteiger partial charge is 0.411 e. The first-order valence-electron chi connectivity index (χ1n) is 10.0. The van der Waals surface area contributed by atoms with Crippen LogP contribution >= 0.6 is 0 Å². The minimum absolute atomic E-state index is 0.187. The van der Waals surface area contributed by atoms with Crippen molar-refractivity contribution in [3.05, 3.63) is 24.3 Å². The summed E-state index contributed by atoms with van der Waals surface area (Å²) < 4.78 is 9.94. The monoisotopic (exact) mass is 420 g/mol. The molecule has 166 valence electrons. The normalized spacial score (nSPS) is 16.4. The number of methoxy groups -OCH3 is 1. The highest BCUT2D eigenvalue weighted by molar-refractivity contribution is 5.90. The van der Waals surface area contributed by atoms with Crippen LogP contribution in [0.2, 0.25) is 0 Å². The van der Waals surface area contributed by atoms with Crippen LogP contribution in [0.5, 0.6) is 0 Å². The molecule has 9 heteroatoms. The Bertz CT molecular complexity index is 745. The summed E-state index contributed by atoms with van der Waals surface area (Å²) in [6.07, 6.45) is 0.916. The highest BCUT2D eigenvalue weighted by Gasteiger charge is 2.27. The second-order valence-corrected chi connectivity index (χ2v) is 8.44. The molecule has 1 fully saturated rings. The quantitative estimate of drug-likeness (QED) is 0.767.